The Morgan fingerprint density at radius 1 is 0.938 bits per heavy atom. The molecule has 0 unspecified atom stereocenters. The van der Waals surface area contributed by atoms with Gasteiger partial charge in [0.2, 0.25) is 0 Å². The molecule has 0 atom stereocenters. The van der Waals surface area contributed by atoms with Gasteiger partial charge in [-0.15, -0.1) is 22.7 Å². The zero-order chi connectivity index (χ0) is 10.8. The molecule has 0 radical (unpaired) electrons. The highest BCUT2D eigenvalue weighted by Crippen LogP contribution is 2.29. The van der Waals surface area contributed by atoms with E-state index in [0.29, 0.717) is 0 Å². The molecule has 3 aromatic heterocycles. The van der Waals surface area contributed by atoms with Crippen LogP contribution in [-0.4, -0.2) is 9.97 Å². The van der Waals surface area contributed by atoms with E-state index < -0.39 is 0 Å². The number of thiophene rings is 1. The van der Waals surface area contributed by atoms with Crippen molar-refractivity contribution >= 4 is 22.7 Å². The topological polar surface area (TPSA) is 25.8 Å². The zero-order valence-electron chi connectivity index (χ0n) is 8.33. The van der Waals surface area contributed by atoms with Crippen LogP contribution in [0.5, 0.6) is 0 Å². The summed E-state index contributed by atoms with van der Waals surface area (Å²) in [6, 6.07) is 10.0. The van der Waals surface area contributed by atoms with Crippen LogP contribution in [0.3, 0.4) is 0 Å². The van der Waals surface area contributed by atoms with E-state index in [4.69, 9.17) is 0 Å². The summed E-state index contributed by atoms with van der Waals surface area (Å²) in [7, 11) is 0. The van der Waals surface area contributed by atoms with Crippen LogP contribution in [0.4, 0.5) is 0 Å². The van der Waals surface area contributed by atoms with Crippen LogP contribution >= 0.6 is 22.7 Å². The summed E-state index contributed by atoms with van der Waals surface area (Å²) >= 11 is 3.34. The number of hydrogen-bond acceptors (Lipinski definition) is 4. The van der Waals surface area contributed by atoms with Crippen LogP contribution in [0.25, 0.3) is 21.3 Å². The second-order valence-corrected chi connectivity index (χ2v) is 5.04. The normalized spacial score (nSPS) is 10.5. The van der Waals surface area contributed by atoms with Gasteiger partial charge in [0.1, 0.15) is 5.01 Å². The van der Waals surface area contributed by atoms with E-state index >= 15 is 0 Å². The van der Waals surface area contributed by atoms with Gasteiger partial charge in [0.15, 0.2) is 0 Å². The predicted octanol–water partition coefficient (Wildman–Crippen LogP) is 3.93. The first-order valence-corrected chi connectivity index (χ1v) is 6.60. The van der Waals surface area contributed by atoms with Crippen molar-refractivity contribution in [3.8, 4) is 21.3 Å². The van der Waals surface area contributed by atoms with Crippen molar-refractivity contribution in [1.82, 2.24) is 9.97 Å². The van der Waals surface area contributed by atoms with E-state index in [1.807, 2.05) is 24.3 Å². The lowest BCUT2D eigenvalue weighted by Gasteiger charge is -1.92. The Bertz CT molecular complexity index is 570. The predicted molar refractivity (Wildman–Crippen MR) is 68.7 cm³/mol. The van der Waals surface area contributed by atoms with Gasteiger partial charge in [0, 0.05) is 11.6 Å². The lowest BCUT2D eigenvalue weighted by atomic mass is 10.3. The number of aromatic nitrogens is 2. The summed E-state index contributed by atoms with van der Waals surface area (Å²) in [5, 5.41) is 5.12. The summed E-state index contributed by atoms with van der Waals surface area (Å²) < 4.78 is 0. The average molecular weight is 244 g/mol. The number of rotatable bonds is 2. The molecule has 0 bridgehead atoms. The van der Waals surface area contributed by atoms with Crippen LogP contribution in [0.1, 0.15) is 0 Å². The van der Waals surface area contributed by atoms with E-state index in [1.165, 1.54) is 4.88 Å². The third kappa shape index (κ3) is 1.77. The molecule has 3 heterocycles. The minimum atomic E-state index is 0.940. The quantitative estimate of drug-likeness (QED) is 0.682. The van der Waals surface area contributed by atoms with Crippen molar-refractivity contribution in [1.29, 1.82) is 0 Å². The monoisotopic (exact) mass is 244 g/mol. The summed E-state index contributed by atoms with van der Waals surface area (Å²) in [6.45, 7) is 0. The average Bonchev–Trinajstić information content (AvgIpc) is 3.01. The van der Waals surface area contributed by atoms with Gasteiger partial charge in [0.25, 0.3) is 0 Å². The minimum Gasteiger partial charge on any atom is -0.254 e. The molecule has 16 heavy (non-hydrogen) atoms. The Hall–Kier alpha value is -1.52. The van der Waals surface area contributed by atoms with Gasteiger partial charge in [0.05, 0.1) is 16.3 Å². The van der Waals surface area contributed by atoms with E-state index in [2.05, 4.69) is 26.8 Å². The molecule has 2 nitrogen and oxygen atoms in total. The summed E-state index contributed by atoms with van der Waals surface area (Å²) in [5.74, 6) is 0. The molecule has 0 aliphatic rings. The van der Waals surface area contributed by atoms with Crippen molar-refractivity contribution in [3.05, 3.63) is 47.3 Å². The standard InChI is InChI=1S/C12H8N2S2/c1-2-6-13-9(4-1)12-14-10(8-16-12)11-5-3-7-15-11/h1-8H. The summed E-state index contributed by atoms with van der Waals surface area (Å²) in [4.78, 5) is 10.1. The van der Waals surface area contributed by atoms with Gasteiger partial charge in [-0.25, -0.2) is 4.98 Å². The number of hydrogen-bond donors (Lipinski definition) is 0. The third-order valence-corrected chi connectivity index (χ3v) is 3.92. The fourth-order valence-corrected chi connectivity index (χ4v) is 2.97. The molecule has 78 valence electrons. The maximum atomic E-state index is 4.59. The fraction of sp³-hybridized carbons (Fsp3) is 0. The molecule has 0 aliphatic carbocycles. The number of nitrogens with zero attached hydrogens (tertiary/aromatic N) is 2. The molecule has 3 aromatic rings. The van der Waals surface area contributed by atoms with E-state index in [0.717, 1.165) is 16.4 Å². The Morgan fingerprint density at radius 3 is 2.69 bits per heavy atom. The Morgan fingerprint density at radius 2 is 1.94 bits per heavy atom. The first kappa shape index (κ1) is 9.69. The van der Waals surface area contributed by atoms with Gasteiger partial charge in [-0.1, -0.05) is 12.1 Å². The number of pyridine rings is 1. The molecule has 0 amide bonds. The molecular weight excluding hydrogens is 236 g/mol. The Balaban J connectivity index is 2.00. The lowest BCUT2D eigenvalue weighted by molar-refractivity contribution is 1.29. The van der Waals surface area contributed by atoms with Crippen LogP contribution in [-0.2, 0) is 0 Å². The Kier molecular flexibility index (Phi) is 2.52. The molecule has 0 saturated heterocycles. The van der Waals surface area contributed by atoms with E-state index in [-0.39, 0.29) is 0 Å². The largest absolute Gasteiger partial charge is 0.254 e. The highest BCUT2D eigenvalue weighted by atomic mass is 32.1. The minimum absolute atomic E-state index is 0.940. The molecule has 0 fully saturated rings. The SMILES string of the molecule is c1ccc(-c2nc(-c3cccs3)cs2)nc1. The molecule has 4 heteroatoms. The highest BCUT2D eigenvalue weighted by molar-refractivity contribution is 7.15. The Labute approximate surface area is 101 Å². The van der Waals surface area contributed by atoms with E-state index in [9.17, 15) is 0 Å². The summed E-state index contributed by atoms with van der Waals surface area (Å²) in [6.07, 6.45) is 1.79. The molecule has 3 rings (SSSR count). The van der Waals surface area contributed by atoms with E-state index in [1.54, 1.807) is 28.9 Å². The first-order valence-electron chi connectivity index (χ1n) is 4.84. The van der Waals surface area contributed by atoms with Gasteiger partial charge in [-0.3, -0.25) is 4.98 Å². The molecule has 0 spiro atoms. The second kappa shape index (κ2) is 4.15. The lowest BCUT2D eigenvalue weighted by Crippen LogP contribution is -1.80. The van der Waals surface area contributed by atoms with Crippen molar-refractivity contribution in [2.45, 2.75) is 0 Å². The molecule has 0 N–H and O–H groups in total. The van der Waals surface area contributed by atoms with Gasteiger partial charge in [-0.2, -0.15) is 0 Å². The fourth-order valence-electron chi connectivity index (χ4n) is 1.42. The molecule has 0 aliphatic heterocycles. The van der Waals surface area contributed by atoms with Gasteiger partial charge in [-0.05, 0) is 23.6 Å². The smallest absolute Gasteiger partial charge is 0.142 e. The molecule has 0 aromatic carbocycles. The highest BCUT2D eigenvalue weighted by Gasteiger charge is 2.07. The third-order valence-electron chi connectivity index (χ3n) is 2.16. The molecular formula is C12H8N2S2. The summed E-state index contributed by atoms with van der Waals surface area (Å²) in [5.41, 5.74) is 1.98. The zero-order valence-corrected chi connectivity index (χ0v) is 9.96. The second-order valence-electron chi connectivity index (χ2n) is 3.23. The maximum absolute atomic E-state index is 4.59. The molecule has 0 saturated carbocycles. The van der Waals surface area contributed by atoms with Crippen LogP contribution in [0.2, 0.25) is 0 Å². The first-order chi connectivity index (χ1) is 7.93. The van der Waals surface area contributed by atoms with Crippen LogP contribution < -0.4 is 0 Å². The van der Waals surface area contributed by atoms with Crippen molar-refractivity contribution in [3.63, 3.8) is 0 Å². The maximum Gasteiger partial charge on any atom is 0.142 e. The number of thiazole rings is 1. The van der Waals surface area contributed by atoms with Crippen LogP contribution in [0.15, 0.2) is 47.3 Å². The van der Waals surface area contributed by atoms with Gasteiger partial charge >= 0.3 is 0 Å². The van der Waals surface area contributed by atoms with Crippen molar-refractivity contribution in [2.24, 2.45) is 0 Å². The van der Waals surface area contributed by atoms with Crippen LogP contribution in [0, 0.1) is 0 Å². The van der Waals surface area contributed by atoms with Crippen molar-refractivity contribution < 1.29 is 0 Å². The van der Waals surface area contributed by atoms with Crippen molar-refractivity contribution in [2.75, 3.05) is 0 Å². The van der Waals surface area contributed by atoms with Gasteiger partial charge < -0.3 is 0 Å².